The van der Waals surface area contributed by atoms with Gasteiger partial charge >= 0.3 is 0 Å². The van der Waals surface area contributed by atoms with Crippen LogP contribution in [0, 0.1) is 14.9 Å². The Labute approximate surface area is 137 Å². The number of rotatable bonds is 6. The molecule has 2 N–H and O–H groups in total. The molecule has 1 heterocycles. The molecule has 0 spiro atoms. The van der Waals surface area contributed by atoms with Gasteiger partial charge in [0.25, 0.3) is 5.69 Å². The highest BCUT2D eigenvalue weighted by atomic mass is 32.1. The molecule has 2 aromatic rings. The van der Waals surface area contributed by atoms with Crippen LogP contribution in [-0.4, -0.2) is 25.6 Å². The predicted octanol–water partition coefficient (Wildman–Crippen LogP) is 2.29. The summed E-state index contributed by atoms with van der Waals surface area (Å²) >= 11 is 5.14. The molecule has 0 atom stereocenters. The normalized spacial score (nSPS) is 10.7. The number of hydrogen-bond donors (Lipinski definition) is 2. The van der Waals surface area contributed by atoms with Crippen molar-refractivity contribution in [2.45, 2.75) is 32.9 Å². The summed E-state index contributed by atoms with van der Waals surface area (Å²) in [6.07, 6.45) is -0.0655. The van der Waals surface area contributed by atoms with Crippen molar-refractivity contribution < 1.29 is 9.72 Å². The van der Waals surface area contributed by atoms with Gasteiger partial charge in [-0.15, -0.1) is 0 Å². The number of nitrogens with zero attached hydrogens (tertiary/aromatic N) is 3. The summed E-state index contributed by atoms with van der Waals surface area (Å²) in [5, 5.41) is 20.4. The molecule has 23 heavy (non-hydrogen) atoms. The monoisotopic (exact) mass is 335 g/mol. The van der Waals surface area contributed by atoms with E-state index in [9.17, 15) is 14.9 Å². The summed E-state index contributed by atoms with van der Waals surface area (Å²) in [5.41, 5.74) is 0.310. The van der Waals surface area contributed by atoms with Gasteiger partial charge in [0.2, 0.25) is 5.91 Å². The first-order valence-corrected chi connectivity index (χ1v) is 7.45. The molecular weight excluding hydrogens is 318 g/mol. The third-order valence-electron chi connectivity index (χ3n) is 3.28. The summed E-state index contributed by atoms with van der Waals surface area (Å²) in [4.78, 5) is 22.5. The summed E-state index contributed by atoms with van der Waals surface area (Å²) in [6, 6.07) is 6.30. The Balaban J connectivity index is 2.04. The zero-order valence-corrected chi connectivity index (χ0v) is 13.6. The Morgan fingerprint density at radius 1 is 1.48 bits per heavy atom. The molecule has 0 saturated heterocycles. The van der Waals surface area contributed by atoms with E-state index in [1.165, 1.54) is 6.07 Å². The highest BCUT2D eigenvalue weighted by molar-refractivity contribution is 7.71. The van der Waals surface area contributed by atoms with Crippen LogP contribution >= 0.6 is 12.2 Å². The van der Waals surface area contributed by atoms with Crippen LogP contribution in [0.25, 0.3) is 0 Å². The number of amides is 1. The van der Waals surface area contributed by atoms with Crippen molar-refractivity contribution >= 4 is 23.8 Å². The van der Waals surface area contributed by atoms with Gasteiger partial charge in [0, 0.05) is 17.7 Å². The van der Waals surface area contributed by atoms with Gasteiger partial charge in [-0.05, 0) is 26.1 Å². The van der Waals surface area contributed by atoms with Crippen molar-refractivity contribution in [1.29, 1.82) is 0 Å². The quantitative estimate of drug-likeness (QED) is 0.478. The molecule has 0 aliphatic rings. The maximum absolute atomic E-state index is 12.0. The number of carbonyl (C=O) groups is 1. The number of hydrogen-bond acceptors (Lipinski definition) is 5. The van der Waals surface area contributed by atoms with Gasteiger partial charge in [-0.1, -0.05) is 18.2 Å². The SMILES string of the molecule is CC(C)n1c(CNC(=O)Cc2ccccc2[N+](=O)[O-])n[nH]c1=S. The van der Waals surface area contributed by atoms with Crippen LogP contribution in [0.4, 0.5) is 5.69 Å². The molecule has 9 heteroatoms. The van der Waals surface area contributed by atoms with Gasteiger partial charge in [-0.3, -0.25) is 20.0 Å². The minimum absolute atomic E-state index is 0.0625. The molecule has 0 saturated carbocycles. The lowest BCUT2D eigenvalue weighted by molar-refractivity contribution is -0.385. The number of H-pyrrole nitrogens is 1. The Morgan fingerprint density at radius 2 is 2.17 bits per heavy atom. The van der Waals surface area contributed by atoms with Gasteiger partial charge in [-0.25, -0.2) is 0 Å². The van der Waals surface area contributed by atoms with Crippen LogP contribution in [0.5, 0.6) is 0 Å². The number of para-hydroxylation sites is 1. The fraction of sp³-hybridized carbons (Fsp3) is 0.357. The van der Waals surface area contributed by atoms with Crippen molar-refractivity contribution in [2.24, 2.45) is 0 Å². The van der Waals surface area contributed by atoms with Gasteiger partial charge < -0.3 is 9.88 Å². The molecule has 2 rings (SSSR count). The molecule has 0 unspecified atom stereocenters. The number of aromatic nitrogens is 3. The second-order valence-electron chi connectivity index (χ2n) is 5.25. The lowest BCUT2D eigenvalue weighted by Crippen LogP contribution is -2.26. The standard InChI is InChI=1S/C14H17N5O3S/c1-9(2)18-12(16-17-14(18)23)8-15-13(20)7-10-5-3-4-6-11(10)19(21)22/h3-6,9H,7-8H2,1-2H3,(H,15,20)(H,17,23). The predicted molar refractivity (Wildman–Crippen MR) is 86.4 cm³/mol. The second kappa shape index (κ2) is 7.14. The van der Waals surface area contributed by atoms with E-state index in [0.717, 1.165) is 0 Å². The van der Waals surface area contributed by atoms with Crippen molar-refractivity contribution in [3.8, 4) is 0 Å². The van der Waals surface area contributed by atoms with Crippen molar-refractivity contribution in [1.82, 2.24) is 20.1 Å². The lowest BCUT2D eigenvalue weighted by Gasteiger charge is -2.11. The zero-order valence-electron chi connectivity index (χ0n) is 12.8. The van der Waals surface area contributed by atoms with E-state index >= 15 is 0 Å². The summed E-state index contributed by atoms with van der Waals surface area (Å²) in [7, 11) is 0. The minimum Gasteiger partial charge on any atom is -0.349 e. The molecule has 0 fully saturated rings. The number of carbonyl (C=O) groups excluding carboxylic acids is 1. The molecule has 8 nitrogen and oxygen atoms in total. The molecule has 0 radical (unpaired) electrons. The maximum atomic E-state index is 12.0. The van der Waals surface area contributed by atoms with E-state index in [4.69, 9.17) is 12.2 Å². The van der Waals surface area contributed by atoms with Crippen molar-refractivity contribution in [3.63, 3.8) is 0 Å². The van der Waals surface area contributed by atoms with Crippen molar-refractivity contribution in [3.05, 3.63) is 50.5 Å². The van der Waals surface area contributed by atoms with Crippen LogP contribution < -0.4 is 5.32 Å². The van der Waals surface area contributed by atoms with Gasteiger partial charge in [0.1, 0.15) is 0 Å². The van der Waals surface area contributed by atoms with Gasteiger partial charge in [0.05, 0.1) is 17.9 Å². The first kappa shape index (κ1) is 16.8. The summed E-state index contributed by atoms with van der Waals surface area (Å²) in [6.45, 7) is 4.12. The molecule has 0 aliphatic carbocycles. The van der Waals surface area contributed by atoms with E-state index in [2.05, 4.69) is 15.5 Å². The fourth-order valence-corrected chi connectivity index (χ4v) is 2.61. The number of aromatic amines is 1. The van der Waals surface area contributed by atoms with Crippen LogP contribution in [0.3, 0.4) is 0 Å². The van der Waals surface area contributed by atoms with Crippen LogP contribution in [0.1, 0.15) is 31.3 Å². The number of nitro benzene ring substituents is 1. The molecule has 0 aliphatic heterocycles. The maximum Gasteiger partial charge on any atom is 0.273 e. The molecule has 1 aromatic heterocycles. The van der Waals surface area contributed by atoms with Crippen LogP contribution in [0.15, 0.2) is 24.3 Å². The van der Waals surface area contributed by atoms with E-state index in [1.807, 2.05) is 13.8 Å². The topological polar surface area (TPSA) is 106 Å². The van der Waals surface area contributed by atoms with Crippen molar-refractivity contribution in [2.75, 3.05) is 0 Å². The number of nitrogens with one attached hydrogen (secondary N) is 2. The number of nitro groups is 1. The van der Waals surface area contributed by atoms with Crippen LogP contribution in [-0.2, 0) is 17.8 Å². The number of benzene rings is 1. The third-order valence-corrected chi connectivity index (χ3v) is 3.56. The molecule has 1 aromatic carbocycles. The third kappa shape index (κ3) is 4.01. The van der Waals surface area contributed by atoms with Gasteiger partial charge in [-0.2, -0.15) is 5.10 Å². The lowest BCUT2D eigenvalue weighted by atomic mass is 10.1. The van der Waals surface area contributed by atoms with Gasteiger partial charge in [0.15, 0.2) is 10.6 Å². The van der Waals surface area contributed by atoms with Crippen LogP contribution in [0.2, 0.25) is 0 Å². The molecular formula is C14H17N5O3S. The zero-order chi connectivity index (χ0) is 17.0. The van der Waals surface area contributed by atoms with E-state index in [-0.39, 0.29) is 30.6 Å². The smallest absolute Gasteiger partial charge is 0.273 e. The second-order valence-corrected chi connectivity index (χ2v) is 5.63. The Hall–Kier alpha value is -2.55. The Morgan fingerprint density at radius 3 is 2.83 bits per heavy atom. The fourth-order valence-electron chi connectivity index (χ4n) is 2.25. The van der Waals surface area contributed by atoms with E-state index in [1.54, 1.807) is 22.8 Å². The Kier molecular flexibility index (Phi) is 5.22. The summed E-state index contributed by atoms with van der Waals surface area (Å²) < 4.78 is 2.29. The van der Waals surface area contributed by atoms with E-state index in [0.29, 0.717) is 16.2 Å². The Bertz CT molecular complexity index is 781. The highest BCUT2D eigenvalue weighted by Gasteiger charge is 2.16. The highest BCUT2D eigenvalue weighted by Crippen LogP contribution is 2.18. The molecule has 0 bridgehead atoms. The first-order valence-electron chi connectivity index (χ1n) is 7.05. The molecule has 122 valence electrons. The largest absolute Gasteiger partial charge is 0.349 e. The average Bonchev–Trinajstić information content (AvgIpc) is 2.86. The molecule has 1 amide bonds. The summed E-state index contributed by atoms with van der Waals surface area (Å²) in [5.74, 6) is 0.296. The van der Waals surface area contributed by atoms with E-state index < -0.39 is 4.92 Å². The first-order chi connectivity index (χ1) is 10.9. The minimum atomic E-state index is -0.494. The average molecular weight is 335 g/mol.